The zero-order chi connectivity index (χ0) is 24.5. The summed E-state index contributed by atoms with van der Waals surface area (Å²) in [7, 11) is 1.77. The van der Waals surface area contributed by atoms with Crippen LogP contribution in [-0.2, 0) is 4.74 Å². The van der Waals surface area contributed by atoms with Crippen molar-refractivity contribution in [2.24, 2.45) is 0 Å². The number of rotatable bonds is 5. The predicted octanol–water partition coefficient (Wildman–Crippen LogP) is 5.67. The molecule has 0 atom stereocenters. The largest absolute Gasteiger partial charge is 0.381 e. The first-order valence-corrected chi connectivity index (χ1v) is 12.2. The lowest BCUT2D eigenvalue weighted by atomic mass is 9.93. The minimum atomic E-state index is -0.463. The van der Waals surface area contributed by atoms with Gasteiger partial charge >= 0.3 is 0 Å². The number of ether oxygens (including phenoxy) is 1. The summed E-state index contributed by atoms with van der Waals surface area (Å²) in [4.78, 5) is 1.37. The van der Waals surface area contributed by atoms with Gasteiger partial charge in [0.05, 0.1) is 41.2 Å². The first-order chi connectivity index (χ1) is 17.0. The SMILES string of the molecule is CO[C@H]1CC[C@H](n2ncc(-c3cc(Sc4ccc(F)cc4C#N)c4c(C#N)cnn4c3)c2C)CC1. The van der Waals surface area contributed by atoms with Crippen LogP contribution >= 0.6 is 11.8 Å². The molecular formula is C26H23FN6OS. The normalized spacial score (nSPS) is 17.9. The molecule has 0 bridgehead atoms. The molecule has 0 aliphatic heterocycles. The lowest BCUT2D eigenvalue weighted by molar-refractivity contribution is 0.0565. The quantitative estimate of drug-likeness (QED) is 0.361. The Hall–Kier alpha value is -3.66. The maximum Gasteiger partial charge on any atom is 0.124 e. The molecule has 0 radical (unpaired) electrons. The summed E-state index contributed by atoms with van der Waals surface area (Å²) in [5.41, 5.74) is 4.28. The standard InChI is InChI=1S/C26H23FN6OS/c1-16-23(14-31-33(16)21-4-6-22(34-2)7-5-21)18-10-25(26-19(12-29)13-30-32(26)15-18)35-24-8-3-20(27)9-17(24)11-28/h3,8-10,13-15,21-22H,4-7H2,1-2H3/t21-,22-. The molecule has 4 aromatic rings. The van der Waals surface area contributed by atoms with E-state index in [9.17, 15) is 14.9 Å². The van der Waals surface area contributed by atoms with Crippen molar-refractivity contribution in [3.63, 3.8) is 0 Å². The highest BCUT2D eigenvalue weighted by molar-refractivity contribution is 7.99. The predicted molar refractivity (Wildman–Crippen MR) is 129 cm³/mol. The highest BCUT2D eigenvalue weighted by Gasteiger charge is 2.25. The highest BCUT2D eigenvalue weighted by Crippen LogP contribution is 2.39. The number of nitriles is 2. The zero-order valence-corrected chi connectivity index (χ0v) is 20.2. The van der Waals surface area contributed by atoms with E-state index in [0.717, 1.165) is 47.4 Å². The van der Waals surface area contributed by atoms with Crippen LogP contribution in [0.1, 0.15) is 48.5 Å². The highest BCUT2D eigenvalue weighted by atomic mass is 32.2. The Labute approximate surface area is 206 Å². The van der Waals surface area contributed by atoms with Crippen LogP contribution < -0.4 is 0 Å². The van der Waals surface area contributed by atoms with Crippen LogP contribution in [0.15, 0.2) is 52.6 Å². The summed E-state index contributed by atoms with van der Waals surface area (Å²) in [6.07, 6.45) is 9.70. The summed E-state index contributed by atoms with van der Waals surface area (Å²) in [6, 6.07) is 10.7. The van der Waals surface area contributed by atoms with E-state index < -0.39 is 5.82 Å². The van der Waals surface area contributed by atoms with Crippen LogP contribution in [0.4, 0.5) is 4.39 Å². The van der Waals surface area contributed by atoms with E-state index in [0.29, 0.717) is 28.1 Å². The van der Waals surface area contributed by atoms with Crippen LogP contribution in [0.3, 0.4) is 0 Å². The molecule has 1 aromatic carbocycles. The summed E-state index contributed by atoms with van der Waals surface area (Å²) in [5, 5.41) is 28.2. The second-order valence-corrected chi connectivity index (χ2v) is 9.75. The lowest BCUT2D eigenvalue weighted by Gasteiger charge is -2.28. The number of benzene rings is 1. The molecule has 5 rings (SSSR count). The van der Waals surface area contributed by atoms with Crippen LogP contribution in [-0.4, -0.2) is 32.6 Å². The van der Waals surface area contributed by atoms with Gasteiger partial charge in [-0.3, -0.25) is 4.68 Å². The molecule has 3 aromatic heterocycles. The van der Waals surface area contributed by atoms with Crippen molar-refractivity contribution >= 4 is 17.3 Å². The molecule has 3 heterocycles. The Kier molecular flexibility index (Phi) is 6.29. The molecule has 1 aliphatic carbocycles. The van der Waals surface area contributed by atoms with Gasteiger partial charge in [0.15, 0.2) is 0 Å². The Morgan fingerprint density at radius 1 is 1.03 bits per heavy atom. The van der Waals surface area contributed by atoms with Crippen LogP contribution in [0.2, 0.25) is 0 Å². The Morgan fingerprint density at radius 2 is 1.80 bits per heavy atom. The molecule has 0 unspecified atom stereocenters. The number of methoxy groups -OCH3 is 1. The zero-order valence-electron chi connectivity index (χ0n) is 19.4. The molecule has 1 saturated carbocycles. The minimum absolute atomic E-state index is 0.243. The first kappa shape index (κ1) is 23.1. The average molecular weight is 487 g/mol. The molecule has 35 heavy (non-hydrogen) atoms. The number of nitrogens with zero attached hydrogens (tertiary/aromatic N) is 6. The fourth-order valence-corrected chi connectivity index (χ4v) is 5.86. The Bertz CT molecular complexity index is 1490. The molecule has 9 heteroatoms. The smallest absolute Gasteiger partial charge is 0.124 e. The monoisotopic (exact) mass is 486 g/mol. The van der Waals surface area contributed by atoms with Gasteiger partial charge in [0.1, 0.15) is 18.0 Å². The van der Waals surface area contributed by atoms with Crippen molar-refractivity contribution in [3.8, 4) is 23.3 Å². The first-order valence-electron chi connectivity index (χ1n) is 11.4. The van der Waals surface area contributed by atoms with Crippen LogP contribution in [0, 0.1) is 35.4 Å². The average Bonchev–Trinajstić information content (AvgIpc) is 3.48. The van der Waals surface area contributed by atoms with E-state index in [1.165, 1.54) is 30.1 Å². The molecule has 1 aliphatic rings. The number of hydrogen-bond donors (Lipinski definition) is 0. The topological polar surface area (TPSA) is 91.9 Å². The molecule has 0 saturated heterocycles. The van der Waals surface area contributed by atoms with Crippen molar-refractivity contribution < 1.29 is 9.13 Å². The fourth-order valence-electron chi connectivity index (χ4n) is 4.79. The van der Waals surface area contributed by atoms with Crippen LogP contribution in [0.5, 0.6) is 0 Å². The van der Waals surface area contributed by atoms with Gasteiger partial charge in [0.2, 0.25) is 0 Å². The van der Waals surface area contributed by atoms with Crippen molar-refractivity contribution in [2.75, 3.05) is 7.11 Å². The number of halogens is 1. The third kappa shape index (κ3) is 4.29. The maximum absolute atomic E-state index is 13.7. The summed E-state index contributed by atoms with van der Waals surface area (Å²) < 4.78 is 23.0. The lowest BCUT2D eigenvalue weighted by Crippen LogP contribution is -2.23. The Balaban J connectivity index is 1.56. The summed E-state index contributed by atoms with van der Waals surface area (Å²) >= 11 is 1.32. The molecule has 0 N–H and O–H groups in total. The third-order valence-corrected chi connectivity index (χ3v) is 7.76. The van der Waals surface area contributed by atoms with Crippen molar-refractivity contribution in [3.05, 3.63) is 65.5 Å². The molecule has 0 spiro atoms. The maximum atomic E-state index is 13.7. The van der Waals surface area contributed by atoms with Crippen molar-refractivity contribution in [1.82, 2.24) is 19.4 Å². The van der Waals surface area contributed by atoms with Gasteiger partial charge < -0.3 is 4.74 Å². The molecule has 0 amide bonds. The summed E-state index contributed by atoms with van der Waals surface area (Å²) in [6.45, 7) is 2.07. The number of fused-ring (bicyclic) bond motifs is 1. The van der Waals surface area contributed by atoms with Gasteiger partial charge in [-0.2, -0.15) is 20.7 Å². The van der Waals surface area contributed by atoms with E-state index in [2.05, 4.69) is 28.8 Å². The van der Waals surface area contributed by atoms with E-state index >= 15 is 0 Å². The molecule has 176 valence electrons. The van der Waals surface area contributed by atoms with Gasteiger partial charge in [-0.05, 0) is 56.9 Å². The molecule has 1 fully saturated rings. The van der Waals surface area contributed by atoms with Crippen molar-refractivity contribution in [2.45, 2.75) is 54.5 Å². The summed E-state index contributed by atoms with van der Waals surface area (Å²) in [5.74, 6) is -0.463. The van der Waals surface area contributed by atoms with Gasteiger partial charge in [-0.25, -0.2) is 8.91 Å². The second-order valence-electron chi connectivity index (χ2n) is 8.67. The molecular weight excluding hydrogens is 463 g/mol. The van der Waals surface area contributed by atoms with E-state index in [1.807, 2.05) is 18.5 Å². The van der Waals surface area contributed by atoms with Gasteiger partial charge in [0, 0.05) is 39.9 Å². The van der Waals surface area contributed by atoms with E-state index in [1.54, 1.807) is 17.7 Å². The van der Waals surface area contributed by atoms with Gasteiger partial charge in [0.25, 0.3) is 0 Å². The molecule has 7 nitrogen and oxygen atoms in total. The van der Waals surface area contributed by atoms with E-state index in [-0.39, 0.29) is 5.56 Å². The number of pyridine rings is 1. The van der Waals surface area contributed by atoms with Crippen molar-refractivity contribution in [1.29, 1.82) is 10.5 Å². The van der Waals surface area contributed by atoms with Crippen LogP contribution in [0.25, 0.3) is 16.6 Å². The van der Waals surface area contributed by atoms with Gasteiger partial charge in [-0.15, -0.1) is 0 Å². The third-order valence-electron chi connectivity index (χ3n) is 6.66. The number of aromatic nitrogens is 4. The van der Waals surface area contributed by atoms with Gasteiger partial charge in [-0.1, -0.05) is 11.8 Å². The van der Waals surface area contributed by atoms with E-state index in [4.69, 9.17) is 9.84 Å². The second kappa shape index (κ2) is 9.53. The Morgan fingerprint density at radius 3 is 2.51 bits per heavy atom. The minimum Gasteiger partial charge on any atom is -0.381 e. The fraction of sp³-hybridized carbons (Fsp3) is 0.308. The number of hydrogen-bond acceptors (Lipinski definition) is 6.